The molecule has 0 bridgehead atoms. The molecular formula is C17H20ClN3OS. The second-order valence-corrected chi connectivity index (χ2v) is 6.60. The fourth-order valence-electron chi connectivity index (χ4n) is 2.15. The van der Waals surface area contributed by atoms with Gasteiger partial charge in [-0.25, -0.2) is 0 Å². The molecular weight excluding hydrogens is 330 g/mol. The van der Waals surface area contributed by atoms with Crippen molar-refractivity contribution in [2.45, 2.75) is 13.8 Å². The zero-order chi connectivity index (χ0) is 16.8. The molecule has 0 atom stereocenters. The lowest BCUT2D eigenvalue weighted by Crippen LogP contribution is -2.35. The largest absolute Gasteiger partial charge is 0.372 e. The summed E-state index contributed by atoms with van der Waals surface area (Å²) >= 11 is 7.29. The van der Waals surface area contributed by atoms with E-state index in [0.29, 0.717) is 15.6 Å². The standard InChI is InChI=1S/C17H20ClN3OS/c1-4-21(5-2)14-8-6-13(7-9-14)17(22)20-19-12(3)15-10-11-16(18)23-15/h6-11,19H,3-5H2,1-2H3,(H,20,22). The summed E-state index contributed by atoms with van der Waals surface area (Å²) in [6.45, 7) is 9.97. The summed E-state index contributed by atoms with van der Waals surface area (Å²) in [5.41, 5.74) is 7.77. The van der Waals surface area contributed by atoms with E-state index in [9.17, 15) is 4.79 Å². The number of rotatable bonds is 7. The Labute approximate surface area is 145 Å². The van der Waals surface area contributed by atoms with E-state index in [4.69, 9.17) is 11.6 Å². The molecule has 0 aliphatic heterocycles. The first-order valence-corrected chi connectivity index (χ1v) is 8.60. The fraction of sp³-hybridized carbons (Fsp3) is 0.235. The van der Waals surface area contributed by atoms with Gasteiger partial charge in [-0.15, -0.1) is 11.3 Å². The van der Waals surface area contributed by atoms with Gasteiger partial charge in [0.05, 0.1) is 14.9 Å². The summed E-state index contributed by atoms with van der Waals surface area (Å²) in [6, 6.07) is 11.2. The molecule has 4 nitrogen and oxygen atoms in total. The normalized spacial score (nSPS) is 10.2. The van der Waals surface area contributed by atoms with E-state index >= 15 is 0 Å². The van der Waals surface area contributed by atoms with Crippen molar-refractivity contribution in [3.63, 3.8) is 0 Å². The lowest BCUT2D eigenvalue weighted by Gasteiger charge is -2.21. The van der Waals surface area contributed by atoms with Gasteiger partial charge < -0.3 is 4.90 Å². The molecule has 0 saturated carbocycles. The van der Waals surface area contributed by atoms with Gasteiger partial charge in [0, 0.05) is 24.3 Å². The molecule has 1 aromatic heterocycles. The van der Waals surface area contributed by atoms with E-state index in [1.54, 1.807) is 6.07 Å². The van der Waals surface area contributed by atoms with Crippen LogP contribution in [-0.4, -0.2) is 19.0 Å². The van der Waals surface area contributed by atoms with Crippen molar-refractivity contribution >= 4 is 40.2 Å². The van der Waals surface area contributed by atoms with Crippen LogP contribution in [-0.2, 0) is 0 Å². The number of anilines is 1. The van der Waals surface area contributed by atoms with Gasteiger partial charge in [0.15, 0.2) is 0 Å². The first-order valence-electron chi connectivity index (χ1n) is 7.41. The highest BCUT2D eigenvalue weighted by atomic mass is 35.5. The van der Waals surface area contributed by atoms with Crippen LogP contribution in [0.15, 0.2) is 43.0 Å². The Morgan fingerprint density at radius 3 is 2.30 bits per heavy atom. The monoisotopic (exact) mass is 349 g/mol. The van der Waals surface area contributed by atoms with E-state index in [1.165, 1.54) is 11.3 Å². The number of halogens is 1. The van der Waals surface area contributed by atoms with Gasteiger partial charge in [0.25, 0.3) is 5.91 Å². The summed E-state index contributed by atoms with van der Waals surface area (Å²) in [4.78, 5) is 15.3. The van der Waals surface area contributed by atoms with Gasteiger partial charge in [-0.1, -0.05) is 18.2 Å². The molecule has 0 spiro atoms. The molecule has 122 valence electrons. The number of amides is 1. The molecule has 2 N–H and O–H groups in total. The van der Waals surface area contributed by atoms with Crippen LogP contribution < -0.4 is 15.8 Å². The third-order valence-electron chi connectivity index (χ3n) is 3.46. The number of carbonyl (C=O) groups is 1. The van der Waals surface area contributed by atoms with Crippen LogP contribution in [0, 0.1) is 0 Å². The minimum absolute atomic E-state index is 0.208. The molecule has 0 radical (unpaired) electrons. The van der Waals surface area contributed by atoms with Gasteiger partial charge in [0.2, 0.25) is 0 Å². The highest BCUT2D eigenvalue weighted by molar-refractivity contribution is 7.17. The smallest absolute Gasteiger partial charge is 0.269 e. The Morgan fingerprint density at radius 1 is 1.13 bits per heavy atom. The SMILES string of the molecule is C=C(NNC(=O)c1ccc(N(CC)CC)cc1)c1ccc(Cl)s1. The van der Waals surface area contributed by atoms with Crippen LogP contribution in [0.2, 0.25) is 4.34 Å². The van der Waals surface area contributed by atoms with Gasteiger partial charge in [0.1, 0.15) is 0 Å². The number of thiophene rings is 1. The van der Waals surface area contributed by atoms with Gasteiger partial charge in [-0.05, 0) is 50.2 Å². The van der Waals surface area contributed by atoms with E-state index in [2.05, 4.69) is 36.2 Å². The lowest BCUT2D eigenvalue weighted by molar-refractivity contribution is 0.0942. The number of hydrogen-bond donors (Lipinski definition) is 2. The molecule has 0 aliphatic rings. The maximum Gasteiger partial charge on any atom is 0.269 e. The highest BCUT2D eigenvalue weighted by Crippen LogP contribution is 2.25. The second kappa shape index (κ2) is 8.04. The molecule has 23 heavy (non-hydrogen) atoms. The Kier molecular flexibility index (Phi) is 6.07. The first-order chi connectivity index (χ1) is 11.0. The Balaban J connectivity index is 1.94. The number of benzene rings is 1. The van der Waals surface area contributed by atoms with Crippen molar-refractivity contribution in [1.29, 1.82) is 0 Å². The predicted octanol–water partition coefficient (Wildman–Crippen LogP) is 4.15. The van der Waals surface area contributed by atoms with Gasteiger partial charge in [-0.3, -0.25) is 15.6 Å². The van der Waals surface area contributed by atoms with Gasteiger partial charge in [-0.2, -0.15) is 0 Å². The van der Waals surface area contributed by atoms with Crippen molar-refractivity contribution < 1.29 is 4.79 Å². The number of hydrazine groups is 1. The topological polar surface area (TPSA) is 44.4 Å². The van der Waals surface area contributed by atoms with Crippen molar-refractivity contribution in [2.24, 2.45) is 0 Å². The molecule has 1 heterocycles. The third-order valence-corrected chi connectivity index (χ3v) is 4.75. The molecule has 0 unspecified atom stereocenters. The van der Waals surface area contributed by atoms with Crippen molar-refractivity contribution in [2.75, 3.05) is 18.0 Å². The van der Waals surface area contributed by atoms with Crippen LogP contribution in [0.1, 0.15) is 29.1 Å². The fourth-order valence-corrected chi connectivity index (χ4v) is 3.12. The summed E-state index contributed by atoms with van der Waals surface area (Å²) in [7, 11) is 0. The molecule has 2 aromatic rings. The zero-order valence-corrected chi connectivity index (χ0v) is 14.8. The first kappa shape index (κ1) is 17.4. The zero-order valence-electron chi connectivity index (χ0n) is 13.2. The average Bonchev–Trinajstić information content (AvgIpc) is 3.00. The van der Waals surface area contributed by atoms with Crippen LogP contribution >= 0.6 is 22.9 Å². The Bertz CT molecular complexity index is 677. The molecule has 2 rings (SSSR count). The molecule has 1 aromatic carbocycles. The van der Waals surface area contributed by atoms with E-state index in [1.807, 2.05) is 30.3 Å². The number of hydrogen-bond acceptors (Lipinski definition) is 4. The number of carbonyl (C=O) groups excluding carboxylic acids is 1. The number of nitrogens with zero attached hydrogens (tertiary/aromatic N) is 1. The van der Waals surface area contributed by atoms with E-state index in [0.717, 1.165) is 23.7 Å². The average molecular weight is 350 g/mol. The van der Waals surface area contributed by atoms with Gasteiger partial charge >= 0.3 is 0 Å². The summed E-state index contributed by atoms with van der Waals surface area (Å²) < 4.78 is 0.682. The van der Waals surface area contributed by atoms with Crippen LogP contribution in [0.4, 0.5) is 5.69 Å². The van der Waals surface area contributed by atoms with Crippen molar-refractivity contribution in [1.82, 2.24) is 10.9 Å². The summed E-state index contributed by atoms with van der Waals surface area (Å²) in [5.74, 6) is -0.208. The second-order valence-electron chi connectivity index (χ2n) is 4.88. The minimum Gasteiger partial charge on any atom is -0.372 e. The quantitative estimate of drug-likeness (QED) is 0.738. The Hall–Kier alpha value is -1.98. The van der Waals surface area contributed by atoms with Crippen LogP contribution in [0.3, 0.4) is 0 Å². The maximum absolute atomic E-state index is 12.2. The molecule has 0 fully saturated rings. The molecule has 0 aliphatic carbocycles. The van der Waals surface area contributed by atoms with Crippen LogP contribution in [0.5, 0.6) is 0 Å². The number of nitrogens with one attached hydrogen (secondary N) is 2. The van der Waals surface area contributed by atoms with Crippen LogP contribution in [0.25, 0.3) is 5.70 Å². The third kappa shape index (κ3) is 4.50. The highest BCUT2D eigenvalue weighted by Gasteiger charge is 2.08. The summed E-state index contributed by atoms with van der Waals surface area (Å²) in [5, 5.41) is 0. The summed E-state index contributed by atoms with van der Waals surface area (Å²) in [6.07, 6.45) is 0. The maximum atomic E-state index is 12.2. The molecule has 1 amide bonds. The van der Waals surface area contributed by atoms with E-state index in [-0.39, 0.29) is 5.91 Å². The van der Waals surface area contributed by atoms with Crippen molar-refractivity contribution in [3.8, 4) is 0 Å². The lowest BCUT2D eigenvalue weighted by atomic mass is 10.2. The molecule has 6 heteroatoms. The molecule has 0 saturated heterocycles. The minimum atomic E-state index is -0.208. The van der Waals surface area contributed by atoms with Crippen molar-refractivity contribution in [3.05, 3.63) is 57.8 Å². The predicted molar refractivity (Wildman–Crippen MR) is 99.0 cm³/mol. The Morgan fingerprint density at radius 2 is 1.78 bits per heavy atom. The van der Waals surface area contributed by atoms with E-state index < -0.39 is 0 Å².